The van der Waals surface area contributed by atoms with E-state index in [-0.39, 0.29) is 0 Å². The van der Waals surface area contributed by atoms with E-state index in [2.05, 4.69) is 0 Å². The number of ether oxygens (including phenoxy) is 1. The number of carbonyl (C=O) groups excluding carboxylic acids is 1. The van der Waals surface area contributed by atoms with E-state index in [4.69, 9.17) is 14.5 Å². The van der Waals surface area contributed by atoms with Crippen LogP contribution >= 0.6 is 0 Å². The lowest BCUT2D eigenvalue weighted by atomic mass is 9.88. The molecule has 4 heteroatoms. The molecule has 1 aliphatic heterocycles. The summed E-state index contributed by atoms with van der Waals surface area (Å²) in [5, 5.41) is 0. The van der Waals surface area contributed by atoms with Gasteiger partial charge in [-0.05, 0) is 0 Å². The minimum atomic E-state index is -1.39. The van der Waals surface area contributed by atoms with E-state index >= 15 is 0 Å². The van der Waals surface area contributed by atoms with E-state index in [1.807, 2.05) is 81.4 Å². The monoisotopic (exact) mass is 312 g/mol. The summed E-state index contributed by atoms with van der Waals surface area (Å²) in [5.41, 5.74) is 0.982. The molecule has 0 N–H and O–H groups in total. The van der Waals surface area contributed by atoms with Crippen LogP contribution in [0.1, 0.15) is 31.9 Å². The molecule has 1 saturated heterocycles. The van der Waals surface area contributed by atoms with Gasteiger partial charge < -0.3 is 4.74 Å². The Kier molecular flexibility index (Phi) is 3.96. The summed E-state index contributed by atoms with van der Waals surface area (Å²) in [6, 6.07) is 18.7. The lowest BCUT2D eigenvalue weighted by molar-refractivity contribution is -0.461. The second-order valence-electron chi connectivity index (χ2n) is 6.70. The first-order valence-corrected chi connectivity index (χ1v) is 7.62. The van der Waals surface area contributed by atoms with Crippen LogP contribution in [0.2, 0.25) is 0 Å². The number of cyclic esters (lactones) is 1. The van der Waals surface area contributed by atoms with Gasteiger partial charge in [0.1, 0.15) is 0 Å². The number of rotatable bonds is 2. The zero-order valence-corrected chi connectivity index (χ0v) is 13.5. The van der Waals surface area contributed by atoms with E-state index in [0.29, 0.717) is 11.1 Å². The molecule has 0 saturated carbocycles. The zero-order valence-electron chi connectivity index (χ0n) is 13.5. The molecule has 2 aromatic rings. The molecule has 0 aliphatic carbocycles. The summed E-state index contributed by atoms with van der Waals surface area (Å²) in [5.74, 6) is -1.82. The number of hydrogen-bond acceptors (Lipinski definition) is 4. The first-order chi connectivity index (χ1) is 10.9. The molecule has 3 rings (SSSR count). The fourth-order valence-corrected chi connectivity index (χ4v) is 2.56. The minimum Gasteiger partial charge on any atom is -0.419 e. The van der Waals surface area contributed by atoms with Crippen LogP contribution in [-0.4, -0.2) is 12.1 Å². The Hall–Kier alpha value is -2.17. The van der Waals surface area contributed by atoms with Gasteiger partial charge in [0.25, 0.3) is 5.79 Å². The smallest absolute Gasteiger partial charge is 0.342 e. The van der Waals surface area contributed by atoms with Gasteiger partial charge in [-0.25, -0.2) is 9.68 Å². The minimum absolute atomic E-state index is 0.420. The van der Waals surface area contributed by atoms with Crippen molar-refractivity contribution < 1.29 is 19.3 Å². The third-order valence-corrected chi connectivity index (χ3v) is 3.81. The van der Waals surface area contributed by atoms with Gasteiger partial charge in [0.2, 0.25) is 0 Å². The van der Waals surface area contributed by atoms with Crippen LogP contribution < -0.4 is 0 Å². The summed E-state index contributed by atoms with van der Waals surface area (Å²) in [6.45, 7) is 5.71. The molecule has 23 heavy (non-hydrogen) atoms. The van der Waals surface area contributed by atoms with Crippen molar-refractivity contribution in [3.05, 3.63) is 71.8 Å². The van der Waals surface area contributed by atoms with Crippen LogP contribution in [0.15, 0.2) is 60.7 Å². The number of benzene rings is 2. The maximum Gasteiger partial charge on any atom is 0.342 e. The summed E-state index contributed by atoms with van der Waals surface area (Å²) < 4.78 is 5.80. The highest BCUT2D eigenvalue weighted by Gasteiger charge is 2.51. The Morgan fingerprint density at radius 1 is 0.870 bits per heavy atom. The molecule has 1 heterocycles. The number of hydrogen-bond donors (Lipinski definition) is 0. The van der Waals surface area contributed by atoms with Crippen molar-refractivity contribution in [2.24, 2.45) is 5.41 Å². The molecule has 0 radical (unpaired) electrons. The van der Waals surface area contributed by atoms with Crippen molar-refractivity contribution in [1.82, 2.24) is 0 Å². The van der Waals surface area contributed by atoms with Crippen molar-refractivity contribution in [2.75, 3.05) is 0 Å². The van der Waals surface area contributed by atoms with Gasteiger partial charge in [0, 0.05) is 16.5 Å². The molecule has 1 fully saturated rings. The summed E-state index contributed by atoms with van der Waals surface area (Å²) in [7, 11) is 0. The van der Waals surface area contributed by atoms with Crippen LogP contribution in [0.4, 0.5) is 0 Å². The third kappa shape index (κ3) is 2.87. The zero-order chi connectivity index (χ0) is 16.5. The molecule has 0 spiro atoms. The van der Waals surface area contributed by atoms with Crippen LogP contribution in [0, 0.1) is 5.41 Å². The van der Waals surface area contributed by atoms with Gasteiger partial charge in [-0.3, -0.25) is 0 Å². The Balaban J connectivity index is 2.05. The lowest BCUT2D eigenvalue weighted by Gasteiger charge is -2.41. The van der Waals surface area contributed by atoms with Gasteiger partial charge in [-0.2, -0.15) is 4.89 Å². The fourth-order valence-electron chi connectivity index (χ4n) is 2.56. The van der Waals surface area contributed by atoms with Crippen molar-refractivity contribution in [3.8, 4) is 0 Å². The lowest BCUT2D eigenvalue weighted by Crippen LogP contribution is -2.51. The van der Waals surface area contributed by atoms with E-state index in [0.717, 1.165) is 0 Å². The number of esters is 1. The summed E-state index contributed by atoms with van der Waals surface area (Å²) >= 11 is 0. The highest BCUT2D eigenvalue weighted by molar-refractivity contribution is 5.77. The maximum atomic E-state index is 12.6. The van der Waals surface area contributed by atoms with Crippen LogP contribution in [0.25, 0.3) is 0 Å². The number of carbonyl (C=O) groups is 1. The normalized spacial score (nSPS) is 20.8. The van der Waals surface area contributed by atoms with Gasteiger partial charge >= 0.3 is 5.97 Å². The Labute approximate surface area is 135 Å². The molecule has 0 amide bonds. The van der Waals surface area contributed by atoms with Gasteiger partial charge in [0.05, 0.1) is 0 Å². The highest BCUT2D eigenvalue weighted by Crippen LogP contribution is 2.41. The Morgan fingerprint density at radius 3 is 1.74 bits per heavy atom. The molecule has 2 aromatic carbocycles. The van der Waals surface area contributed by atoms with E-state index in [1.165, 1.54) is 0 Å². The molecule has 1 atom stereocenters. The second-order valence-corrected chi connectivity index (χ2v) is 6.70. The topological polar surface area (TPSA) is 44.8 Å². The first-order valence-electron chi connectivity index (χ1n) is 7.62. The highest BCUT2D eigenvalue weighted by atomic mass is 17.2. The van der Waals surface area contributed by atoms with E-state index in [1.54, 1.807) is 0 Å². The molecular formula is C19H20O4. The Bertz CT molecular complexity index is 634. The summed E-state index contributed by atoms with van der Waals surface area (Å²) in [4.78, 5) is 23.8. The fraction of sp³-hybridized carbons (Fsp3) is 0.316. The molecule has 1 aliphatic rings. The van der Waals surface area contributed by atoms with Crippen LogP contribution in [0.3, 0.4) is 0 Å². The summed E-state index contributed by atoms with van der Waals surface area (Å²) in [6.07, 6.45) is -0.775. The first kappa shape index (κ1) is 15.7. The Morgan fingerprint density at radius 2 is 1.35 bits per heavy atom. The molecular weight excluding hydrogens is 292 g/mol. The van der Waals surface area contributed by atoms with Crippen molar-refractivity contribution in [2.45, 2.75) is 32.7 Å². The molecule has 0 aromatic heterocycles. The largest absolute Gasteiger partial charge is 0.419 e. The van der Waals surface area contributed by atoms with Crippen LogP contribution in [-0.2, 0) is 25.1 Å². The van der Waals surface area contributed by atoms with Gasteiger partial charge in [-0.15, -0.1) is 0 Å². The second kappa shape index (κ2) is 5.80. The van der Waals surface area contributed by atoms with Crippen molar-refractivity contribution >= 4 is 5.97 Å². The van der Waals surface area contributed by atoms with Crippen molar-refractivity contribution in [1.29, 1.82) is 0 Å². The maximum absolute atomic E-state index is 12.6. The standard InChI is InChI=1S/C19H20O4/c1-18(2,3)16-17(20)21-19(23-22-16,14-10-6-4-7-11-14)15-12-8-5-9-13-15/h4-13,16H,1-3H3. The van der Waals surface area contributed by atoms with Gasteiger partial charge in [-0.1, -0.05) is 81.4 Å². The quantitative estimate of drug-likeness (QED) is 0.625. The SMILES string of the molecule is CC(C)(C)C1OOC(c2ccccc2)(c2ccccc2)OC1=O. The van der Waals surface area contributed by atoms with Crippen LogP contribution in [0.5, 0.6) is 0 Å². The molecule has 0 bridgehead atoms. The average molecular weight is 312 g/mol. The van der Waals surface area contributed by atoms with E-state index in [9.17, 15) is 4.79 Å². The predicted octanol–water partition coefficient (Wildman–Crippen LogP) is 3.81. The third-order valence-electron chi connectivity index (χ3n) is 3.81. The van der Waals surface area contributed by atoms with Gasteiger partial charge in [0.15, 0.2) is 6.10 Å². The molecule has 1 unspecified atom stereocenters. The average Bonchev–Trinajstić information content (AvgIpc) is 2.55. The van der Waals surface area contributed by atoms with Crippen molar-refractivity contribution in [3.63, 3.8) is 0 Å². The molecule has 4 nitrogen and oxygen atoms in total. The predicted molar refractivity (Wildman–Crippen MR) is 85.2 cm³/mol. The molecule has 120 valence electrons. The van der Waals surface area contributed by atoms with E-state index < -0.39 is 23.3 Å².